The molecule has 1 saturated heterocycles. The van der Waals surface area contributed by atoms with Crippen molar-refractivity contribution < 1.29 is 35.1 Å². The Morgan fingerprint density at radius 3 is 2.26 bits per heavy atom. The third kappa shape index (κ3) is 3.71. The Kier molecular flexibility index (Phi) is 5.84. The number of hydrogen-bond donors (Lipinski definition) is 5. The maximum Gasteiger partial charge on any atom is 0.163 e. The lowest BCUT2D eigenvalue weighted by Crippen LogP contribution is -2.57. The topological polar surface area (TPSA) is 127 Å². The molecule has 1 aliphatic rings. The van der Waals surface area contributed by atoms with Gasteiger partial charge >= 0.3 is 0 Å². The van der Waals surface area contributed by atoms with Gasteiger partial charge in [-0.15, -0.1) is 0 Å². The van der Waals surface area contributed by atoms with Gasteiger partial charge in [0.05, 0.1) is 18.3 Å². The predicted molar refractivity (Wildman–Crippen MR) is 64.3 cm³/mol. The average molecular weight is 278 g/mol. The first kappa shape index (κ1) is 16.5. The van der Waals surface area contributed by atoms with Crippen LogP contribution in [0, 0.1) is 0 Å². The zero-order chi connectivity index (χ0) is 14.7. The van der Waals surface area contributed by atoms with Crippen LogP contribution in [0.25, 0.3) is 0 Å². The molecular weight excluding hydrogens is 256 g/mol. The first-order valence-electron chi connectivity index (χ1n) is 6.38. The summed E-state index contributed by atoms with van der Waals surface area (Å²) < 4.78 is 5.27. The lowest BCUT2D eigenvalue weighted by atomic mass is 9.91. The number of rotatable bonds is 5. The third-order valence-electron chi connectivity index (χ3n) is 3.47. The molecule has 0 saturated carbocycles. The maximum atomic E-state index is 11.3. The molecule has 0 aromatic rings. The zero-order valence-corrected chi connectivity index (χ0v) is 11.0. The highest BCUT2D eigenvalue weighted by Gasteiger charge is 2.43. The highest BCUT2D eigenvalue weighted by molar-refractivity contribution is 5.83. The van der Waals surface area contributed by atoms with Crippen molar-refractivity contribution in [1.29, 1.82) is 0 Å². The van der Waals surface area contributed by atoms with Gasteiger partial charge in [0.25, 0.3) is 0 Å². The smallest absolute Gasteiger partial charge is 0.163 e. The number of Topliss-reactive ketones (excluding diaryl/α,β-unsaturated/α-hetero) is 1. The molecule has 19 heavy (non-hydrogen) atoms. The van der Waals surface area contributed by atoms with Crippen molar-refractivity contribution in [2.24, 2.45) is 0 Å². The van der Waals surface area contributed by atoms with Crippen molar-refractivity contribution in [3.63, 3.8) is 0 Å². The van der Waals surface area contributed by atoms with E-state index in [1.807, 2.05) is 0 Å². The van der Waals surface area contributed by atoms with E-state index in [-0.39, 0.29) is 12.8 Å². The maximum absolute atomic E-state index is 11.3. The SMILES string of the molecule is CCC(=O)[C@H](O)[C@H](O)C[C@@H]1O[C@@H](C)[C@@H](O)C(O)C1O. The summed E-state index contributed by atoms with van der Waals surface area (Å²) >= 11 is 0. The number of aliphatic hydroxyl groups is 5. The van der Waals surface area contributed by atoms with Crippen LogP contribution in [-0.4, -0.2) is 74.0 Å². The second-order valence-corrected chi connectivity index (χ2v) is 4.92. The molecule has 0 bridgehead atoms. The summed E-state index contributed by atoms with van der Waals surface area (Å²) in [5.41, 5.74) is 0. The van der Waals surface area contributed by atoms with Crippen LogP contribution >= 0.6 is 0 Å². The van der Waals surface area contributed by atoms with Crippen LogP contribution in [0.2, 0.25) is 0 Å². The Labute approximate surface area is 111 Å². The van der Waals surface area contributed by atoms with Gasteiger partial charge in [-0.2, -0.15) is 0 Å². The van der Waals surface area contributed by atoms with E-state index in [9.17, 15) is 30.3 Å². The summed E-state index contributed by atoms with van der Waals surface area (Å²) in [5.74, 6) is -0.508. The van der Waals surface area contributed by atoms with Crippen LogP contribution < -0.4 is 0 Å². The molecule has 0 amide bonds. The van der Waals surface area contributed by atoms with E-state index in [1.165, 1.54) is 6.92 Å². The van der Waals surface area contributed by atoms with Crippen molar-refractivity contribution >= 4 is 5.78 Å². The summed E-state index contributed by atoms with van der Waals surface area (Å²) in [6.07, 6.45) is -8.71. The molecule has 7 nitrogen and oxygen atoms in total. The van der Waals surface area contributed by atoms with Crippen molar-refractivity contribution in [3.8, 4) is 0 Å². The first-order chi connectivity index (χ1) is 8.79. The fraction of sp³-hybridized carbons (Fsp3) is 0.917. The second-order valence-electron chi connectivity index (χ2n) is 4.92. The Morgan fingerprint density at radius 1 is 1.16 bits per heavy atom. The molecular formula is C12H22O7. The molecule has 1 aliphatic heterocycles. The molecule has 5 N–H and O–H groups in total. The fourth-order valence-electron chi connectivity index (χ4n) is 2.12. The van der Waals surface area contributed by atoms with Crippen LogP contribution in [0.5, 0.6) is 0 Å². The van der Waals surface area contributed by atoms with Gasteiger partial charge in [0, 0.05) is 12.8 Å². The van der Waals surface area contributed by atoms with Gasteiger partial charge in [-0.05, 0) is 6.92 Å². The lowest BCUT2D eigenvalue weighted by Gasteiger charge is -2.40. The average Bonchev–Trinajstić information content (AvgIpc) is 2.40. The lowest BCUT2D eigenvalue weighted by molar-refractivity contribution is -0.224. The highest BCUT2D eigenvalue weighted by Crippen LogP contribution is 2.24. The van der Waals surface area contributed by atoms with Crippen LogP contribution in [0.3, 0.4) is 0 Å². The third-order valence-corrected chi connectivity index (χ3v) is 3.47. The number of aliphatic hydroxyl groups excluding tert-OH is 5. The Morgan fingerprint density at radius 2 is 1.74 bits per heavy atom. The number of carbonyl (C=O) groups excluding carboxylic acids is 1. The van der Waals surface area contributed by atoms with Gasteiger partial charge in [0.15, 0.2) is 5.78 Å². The van der Waals surface area contributed by atoms with Gasteiger partial charge < -0.3 is 30.3 Å². The van der Waals surface area contributed by atoms with Gasteiger partial charge in [-0.3, -0.25) is 4.79 Å². The van der Waals surface area contributed by atoms with E-state index in [0.717, 1.165) is 0 Å². The minimum absolute atomic E-state index is 0.0873. The summed E-state index contributed by atoms with van der Waals surface area (Å²) in [4.78, 5) is 11.3. The van der Waals surface area contributed by atoms with Crippen molar-refractivity contribution in [1.82, 2.24) is 0 Å². The van der Waals surface area contributed by atoms with Crippen LogP contribution in [0.4, 0.5) is 0 Å². The van der Waals surface area contributed by atoms with Crippen LogP contribution in [0.1, 0.15) is 26.7 Å². The molecule has 0 spiro atoms. The molecule has 0 radical (unpaired) electrons. The predicted octanol–water partition coefficient (Wildman–Crippen LogP) is -2.05. The normalized spacial score (nSPS) is 38.8. The van der Waals surface area contributed by atoms with Gasteiger partial charge in [0.2, 0.25) is 0 Å². The van der Waals surface area contributed by atoms with E-state index in [2.05, 4.69) is 0 Å². The molecule has 1 heterocycles. The molecule has 7 atom stereocenters. The standard InChI is InChI=1S/C12H22O7/c1-3-6(13)10(16)7(14)4-8-11(17)12(18)9(15)5(2)19-8/h5,7-12,14-18H,3-4H2,1-2H3/t5-,7+,8-,9+,10-,11?,12?/m0/s1. The quantitative estimate of drug-likeness (QED) is 0.391. The van der Waals surface area contributed by atoms with Crippen molar-refractivity contribution in [2.45, 2.75) is 69.4 Å². The van der Waals surface area contributed by atoms with Crippen LogP contribution in [0.15, 0.2) is 0 Å². The molecule has 112 valence electrons. The van der Waals surface area contributed by atoms with E-state index in [1.54, 1.807) is 6.92 Å². The molecule has 0 aliphatic carbocycles. The van der Waals surface area contributed by atoms with Crippen LogP contribution in [-0.2, 0) is 9.53 Å². The Bertz CT molecular complexity index is 308. The summed E-state index contributed by atoms with van der Waals surface area (Å²) in [5, 5.41) is 48.1. The van der Waals surface area contributed by atoms with Gasteiger partial charge in [0.1, 0.15) is 24.4 Å². The Hall–Kier alpha value is -0.570. The monoisotopic (exact) mass is 278 g/mol. The highest BCUT2D eigenvalue weighted by atomic mass is 16.5. The fourth-order valence-corrected chi connectivity index (χ4v) is 2.12. The van der Waals surface area contributed by atoms with Crippen molar-refractivity contribution in [2.75, 3.05) is 0 Å². The van der Waals surface area contributed by atoms with Crippen molar-refractivity contribution in [3.05, 3.63) is 0 Å². The molecule has 7 heteroatoms. The minimum atomic E-state index is -1.54. The number of hydrogen-bond acceptors (Lipinski definition) is 7. The van der Waals surface area contributed by atoms with E-state index < -0.39 is 48.5 Å². The number of ether oxygens (including phenoxy) is 1. The first-order valence-corrected chi connectivity index (χ1v) is 6.38. The molecule has 0 aromatic carbocycles. The van der Waals surface area contributed by atoms with E-state index >= 15 is 0 Å². The Balaban J connectivity index is 2.63. The summed E-state index contributed by atoms with van der Waals surface area (Å²) in [6.45, 7) is 3.08. The van der Waals surface area contributed by atoms with E-state index in [0.29, 0.717) is 0 Å². The molecule has 2 unspecified atom stereocenters. The second kappa shape index (κ2) is 6.74. The molecule has 1 fully saturated rings. The number of ketones is 1. The summed E-state index contributed by atoms with van der Waals surface area (Å²) in [7, 11) is 0. The van der Waals surface area contributed by atoms with Gasteiger partial charge in [-0.1, -0.05) is 6.92 Å². The zero-order valence-electron chi connectivity index (χ0n) is 11.0. The number of carbonyl (C=O) groups is 1. The van der Waals surface area contributed by atoms with E-state index in [4.69, 9.17) is 4.74 Å². The molecule has 0 aromatic heterocycles. The summed E-state index contributed by atoms with van der Waals surface area (Å²) in [6, 6.07) is 0. The largest absolute Gasteiger partial charge is 0.390 e. The minimum Gasteiger partial charge on any atom is -0.390 e. The molecule has 1 rings (SSSR count). The van der Waals surface area contributed by atoms with Gasteiger partial charge in [-0.25, -0.2) is 0 Å².